The number of halogens is 1. The maximum Gasteiger partial charge on any atom is 0.269 e. The molecule has 0 fully saturated rings. The number of rotatable bonds is 4. The Kier molecular flexibility index (Phi) is 13.0. The van der Waals surface area contributed by atoms with Crippen LogP contribution >= 0.6 is 0 Å². The Labute approximate surface area is 214 Å². The Morgan fingerprint density at radius 3 is 2.06 bits per heavy atom. The number of benzene rings is 2. The maximum atomic E-state index is 10.7. The summed E-state index contributed by atoms with van der Waals surface area (Å²) in [6.07, 6.45) is 18.0. The first-order valence-corrected chi connectivity index (χ1v) is 10.0. The molecule has 0 aromatic heterocycles. The quantitative estimate of drug-likeness (QED) is 0.229. The molecule has 1 aliphatic carbocycles. The first-order valence-electron chi connectivity index (χ1n) is 10.0. The van der Waals surface area contributed by atoms with E-state index in [1.807, 2.05) is 30.6 Å². The Morgan fingerprint density at radius 1 is 0.871 bits per heavy atom. The smallest absolute Gasteiger partial charge is 0.269 e. The van der Waals surface area contributed by atoms with Crippen molar-refractivity contribution in [2.45, 2.75) is 32.2 Å². The number of nitrogens with zero attached hydrogens (tertiary/aromatic N) is 3. The summed E-state index contributed by atoms with van der Waals surface area (Å²) < 4.78 is 0. The van der Waals surface area contributed by atoms with Crippen molar-refractivity contribution in [1.29, 1.82) is 0 Å². The van der Waals surface area contributed by atoms with Crippen LogP contribution < -0.4 is 28.9 Å². The minimum Gasteiger partial charge on any atom is -1.00 e. The molecule has 2 aromatic rings. The van der Waals surface area contributed by atoms with Gasteiger partial charge in [0.1, 0.15) is 0 Å². The van der Waals surface area contributed by atoms with E-state index in [4.69, 9.17) is 0 Å². The second kappa shape index (κ2) is 14.9. The van der Waals surface area contributed by atoms with Gasteiger partial charge in [-0.1, -0.05) is 54.6 Å². The van der Waals surface area contributed by atoms with Crippen molar-refractivity contribution in [3.8, 4) is 0 Å². The molecule has 0 unspecified atom stereocenters. The first-order chi connectivity index (χ1) is 14.2. The van der Waals surface area contributed by atoms with Gasteiger partial charge in [0.2, 0.25) is 0 Å². The van der Waals surface area contributed by atoms with Gasteiger partial charge in [0.25, 0.3) is 5.69 Å². The fourth-order valence-corrected chi connectivity index (χ4v) is 3.19. The van der Waals surface area contributed by atoms with Crippen LogP contribution in [0, 0.1) is 10.1 Å². The molecule has 5 nitrogen and oxygen atoms in total. The summed E-state index contributed by atoms with van der Waals surface area (Å²) in [5.74, 6) is 0. The standard InChI is InChI=1S/C16H15N3O2.C8H12.HI.Rh/c20-19(21)16-8-6-15(7-9-16)18-11-10-17(13-18)12-14-4-2-1-3-5-14;1-2-4-6-8-7-5-3-1;;/h1-11H,12-13H2;1-4H,5-8H2;1H;/p-1. The van der Waals surface area contributed by atoms with Gasteiger partial charge in [-0.3, -0.25) is 10.1 Å². The van der Waals surface area contributed by atoms with Crippen molar-refractivity contribution in [3.63, 3.8) is 0 Å². The van der Waals surface area contributed by atoms with Gasteiger partial charge in [-0.2, -0.15) is 0 Å². The van der Waals surface area contributed by atoms with E-state index in [1.165, 1.54) is 43.4 Å². The van der Waals surface area contributed by atoms with Gasteiger partial charge in [-0.05, 0) is 43.4 Å². The van der Waals surface area contributed by atoms with Gasteiger partial charge >= 0.3 is 0 Å². The number of nitro groups is 1. The molecule has 1 heterocycles. The molecule has 31 heavy (non-hydrogen) atoms. The number of anilines is 1. The first kappa shape index (κ1) is 27.0. The zero-order chi connectivity index (χ0) is 20.3. The van der Waals surface area contributed by atoms with Gasteiger partial charge in [-0.25, -0.2) is 0 Å². The minimum atomic E-state index is -0.384. The predicted octanol–water partition coefficient (Wildman–Crippen LogP) is 3.02. The van der Waals surface area contributed by atoms with Crippen LogP contribution in [0.2, 0.25) is 0 Å². The van der Waals surface area contributed by atoms with E-state index >= 15 is 0 Å². The van der Waals surface area contributed by atoms with Gasteiger partial charge in [-0.15, -0.1) is 0 Å². The topological polar surface area (TPSA) is 49.6 Å². The molecule has 167 valence electrons. The van der Waals surface area contributed by atoms with Crippen LogP contribution in [-0.4, -0.2) is 16.5 Å². The molecule has 0 saturated carbocycles. The van der Waals surface area contributed by atoms with Crippen LogP contribution in [0.3, 0.4) is 0 Å². The molecular weight excluding hydrogens is 592 g/mol. The summed E-state index contributed by atoms with van der Waals surface area (Å²) in [4.78, 5) is 14.5. The Bertz CT molecular complexity index is 856. The summed E-state index contributed by atoms with van der Waals surface area (Å²) >= 11 is 0. The van der Waals surface area contributed by atoms with E-state index in [0.717, 1.165) is 18.9 Å². The second-order valence-corrected chi connectivity index (χ2v) is 7.06. The Hall–Kier alpha value is -1.99. The molecule has 4 rings (SSSR count). The van der Waals surface area contributed by atoms with E-state index in [-0.39, 0.29) is 54.1 Å². The average Bonchev–Trinajstić information content (AvgIpc) is 3.17. The largest absolute Gasteiger partial charge is 1.00 e. The van der Waals surface area contributed by atoms with Crippen LogP contribution in [0.4, 0.5) is 11.4 Å². The zero-order valence-electron chi connectivity index (χ0n) is 17.3. The molecular formula is C24H27IN3O2Rh-. The van der Waals surface area contributed by atoms with Gasteiger partial charge in [0.05, 0.1) is 11.6 Å². The van der Waals surface area contributed by atoms with Gasteiger partial charge in [0, 0.05) is 56.2 Å². The number of non-ortho nitro benzene ring substituents is 1. The molecule has 1 aliphatic heterocycles. The number of hydrogen-bond donors (Lipinski definition) is 0. The van der Waals surface area contributed by atoms with Crippen molar-refractivity contribution in [2.24, 2.45) is 0 Å². The molecule has 0 spiro atoms. The third-order valence-corrected chi connectivity index (χ3v) is 4.79. The predicted molar refractivity (Wildman–Crippen MR) is 118 cm³/mol. The van der Waals surface area contributed by atoms with E-state index in [9.17, 15) is 10.1 Å². The van der Waals surface area contributed by atoms with Crippen molar-refractivity contribution in [1.82, 2.24) is 4.90 Å². The van der Waals surface area contributed by atoms with E-state index in [2.05, 4.69) is 46.2 Å². The number of hydrogen-bond acceptors (Lipinski definition) is 4. The Balaban J connectivity index is 0.000000410. The monoisotopic (exact) mass is 619 g/mol. The average molecular weight is 619 g/mol. The van der Waals surface area contributed by atoms with Crippen LogP contribution in [0.15, 0.2) is 91.3 Å². The maximum absolute atomic E-state index is 10.7. The van der Waals surface area contributed by atoms with E-state index in [1.54, 1.807) is 12.1 Å². The zero-order valence-corrected chi connectivity index (χ0v) is 21.1. The van der Waals surface area contributed by atoms with Crippen molar-refractivity contribution in [3.05, 3.63) is 107 Å². The molecule has 2 aromatic carbocycles. The van der Waals surface area contributed by atoms with Crippen LogP contribution in [0.1, 0.15) is 31.2 Å². The Morgan fingerprint density at radius 2 is 1.48 bits per heavy atom. The van der Waals surface area contributed by atoms with Crippen LogP contribution in [0.25, 0.3) is 0 Å². The molecule has 0 N–H and O–H groups in total. The summed E-state index contributed by atoms with van der Waals surface area (Å²) in [5, 5.41) is 10.7. The number of nitro benzene ring substituents is 1. The van der Waals surface area contributed by atoms with Crippen molar-refractivity contribution < 1.29 is 48.4 Å². The fraction of sp³-hybridized carbons (Fsp3) is 0.250. The minimum absolute atomic E-state index is 0. The van der Waals surface area contributed by atoms with Crippen LogP contribution in [0.5, 0.6) is 0 Å². The molecule has 0 bridgehead atoms. The van der Waals surface area contributed by atoms with E-state index in [0.29, 0.717) is 0 Å². The molecule has 7 heteroatoms. The fourth-order valence-electron chi connectivity index (χ4n) is 3.19. The number of allylic oxidation sites excluding steroid dienone is 4. The van der Waals surface area contributed by atoms with Crippen molar-refractivity contribution in [2.75, 3.05) is 11.6 Å². The van der Waals surface area contributed by atoms with E-state index < -0.39 is 0 Å². The summed E-state index contributed by atoms with van der Waals surface area (Å²) in [6, 6.07) is 16.9. The summed E-state index contributed by atoms with van der Waals surface area (Å²) in [7, 11) is 0. The third kappa shape index (κ3) is 9.36. The summed E-state index contributed by atoms with van der Waals surface area (Å²) in [5.41, 5.74) is 2.32. The molecule has 2 aliphatic rings. The SMILES string of the molecule is C1=CCCCCC=C1.O=[N+]([O-])c1ccc(N2C=CN(Cc3ccccc3)C2)cc1.[I-].[Rh]. The molecule has 0 saturated heterocycles. The summed E-state index contributed by atoms with van der Waals surface area (Å²) in [6.45, 7) is 1.59. The van der Waals surface area contributed by atoms with Gasteiger partial charge in [0.15, 0.2) is 0 Å². The van der Waals surface area contributed by atoms with Gasteiger partial charge < -0.3 is 33.8 Å². The normalized spacial score (nSPS) is 14.5. The molecule has 0 amide bonds. The van der Waals surface area contributed by atoms with Crippen LogP contribution in [-0.2, 0) is 26.0 Å². The second-order valence-electron chi connectivity index (χ2n) is 7.06. The molecule has 1 radical (unpaired) electrons. The molecule has 0 atom stereocenters. The third-order valence-electron chi connectivity index (χ3n) is 4.79. The van der Waals surface area contributed by atoms with Crippen molar-refractivity contribution >= 4 is 11.4 Å².